The highest BCUT2D eigenvalue weighted by molar-refractivity contribution is 6.06. The van der Waals surface area contributed by atoms with E-state index in [0.717, 1.165) is 0 Å². The summed E-state index contributed by atoms with van der Waals surface area (Å²) in [6, 6.07) is 9.32. The van der Waals surface area contributed by atoms with Gasteiger partial charge in [-0.05, 0) is 54.5 Å². The van der Waals surface area contributed by atoms with E-state index in [1.165, 1.54) is 44.4 Å². The van der Waals surface area contributed by atoms with Crippen LogP contribution < -0.4 is 4.74 Å². The van der Waals surface area contributed by atoms with Gasteiger partial charge in [0.1, 0.15) is 11.5 Å². The van der Waals surface area contributed by atoms with Crippen LogP contribution in [-0.2, 0) is 11.4 Å². The number of allylic oxidation sites excluding steroid dienone is 3. The molecule has 0 aromatic heterocycles. The normalized spacial score (nSPS) is 12.4. The van der Waals surface area contributed by atoms with Crippen LogP contribution in [0.15, 0.2) is 59.9 Å². The van der Waals surface area contributed by atoms with Crippen molar-refractivity contribution in [3.8, 4) is 17.2 Å². The van der Waals surface area contributed by atoms with Crippen molar-refractivity contribution in [2.24, 2.45) is 0 Å². The summed E-state index contributed by atoms with van der Waals surface area (Å²) >= 11 is 0. The maximum atomic E-state index is 12.2. The fourth-order valence-electron chi connectivity index (χ4n) is 2.36. The van der Waals surface area contributed by atoms with Gasteiger partial charge in [0.05, 0.1) is 13.7 Å². The SMILES string of the molecule is COc1cc(/C=C/C(O)=C(\C)C(=O)/C=C/c2ccc(O)c(CO)c2)ccc1O. The number of carbonyl (C=O) groups excluding carboxylic acids is 1. The third-order valence-corrected chi connectivity index (χ3v) is 4.09. The number of aromatic hydroxyl groups is 2. The molecule has 2 aromatic carbocycles. The molecule has 0 aliphatic carbocycles. The Hall–Kier alpha value is -3.51. The summed E-state index contributed by atoms with van der Waals surface area (Å²) in [5.41, 5.74) is 1.82. The number of benzene rings is 2. The zero-order valence-corrected chi connectivity index (χ0v) is 15.6. The number of methoxy groups -OCH3 is 1. The van der Waals surface area contributed by atoms with Crippen molar-refractivity contribution in [3.05, 3.63) is 76.6 Å². The van der Waals surface area contributed by atoms with Gasteiger partial charge in [-0.3, -0.25) is 4.79 Å². The molecule has 2 rings (SSSR count). The lowest BCUT2D eigenvalue weighted by molar-refractivity contribution is -0.111. The highest BCUT2D eigenvalue weighted by Gasteiger charge is 2.06. The van der Waals surface area contributed by atoms with Crippen molar-refractivity contribution in [1.82, 2.24) is 0 Å². The first kappa shape index (κ1) is 20.8. The summed E-state index contributed by atoms with van der Waals surface area (Å²) in [4.78, 5) is 12.2. The average Bonchev–Trinajstić information content (AvgIpc) is 2.71. The van der Waals surface area contributed by atoms with Gasteiger partial charge in [0.2, 0.25) is 0 Å². The molecular formula is C22H22O6. The van der Waals surface area contributed by atoms with E-state index in [1.807, 2.05) is 0 Å². The van der Waals surface area contributed by atoms with Gasteiger partial charge in [-0.1, -0.05) is 24.3 Å². The third-order valence-electron chi connectivity index (χ3n) is 4.09. The van der Waals surface area contributed by atoms with Crippen LogP contribution in [-0.4, -0.2) is 33.3 Å². The second-order valence-electron chi connectivity index (χ2n) is 6.02. The molecule has 28 heavy (non-hydrogen) atoms. The zero-order chi connectivity index (χ0) is 20.7. The van der Waals surface area contributed by atoms with Crippen LogP contribution >= 0.6 is 0 Å². The van der Waals surface area contributed by atoms with Crippen molar-refractivity contribution in [2.75, 3.05) is 7.11 Å². The Morgan fingerprint density at radius 3 is 2.25 bits per heavy atom. The minimum atomic E-state index is -0.385. The second-order valence-corrected chi connectivity index (χ2v) is 6.02. The van der Waals surface area contributed by atoms with Gasteiger partial charge in [0, 0.05) is 11.1 Å². The van der Waals surface area contributed by atoms with Crippen molar-refractivity contribution >= 4 is 17.9 Å². The lowest BCUT2D eigenvalue weighted by Gasteiger charge is -2.04. The Labute approximate surface area is 163 Å². The largest absolute Gasteiger partial charge is 0.508 e. The average molecular weight is 382 g/mol. The first-order chi connectivity index (χ1) is 13.3. The molecule has 0 saturated heterocycles. The topological polar surface area (TPSA) is 107 Å². The predicted octanol–water partition coefficient (Wildman–Crippen LogP) is 3.73. The smallest absolute Gasteiger partial charge is 0.185 e. The molecule has 0 bridgehead atoms. The molecule has 0 unspecified atom stereocenters. The molecule has 2 aromatic rings. The maximum Gasteiger partial charge on any atom is 0.185 e. The number of phenolic OH excluding ortho intramolecular Hbond substituents is 1. The standard InChI is InChI=1S/C22H22O6/c1-14(18(24)7-3-15-5-9-20(26)17(11-15)13-23)19(25)8-4-16-6-10-21(27)22(12-16)28-2/h3-12,23,25-27H,13H2,1-2H3/b7-3+,8-4+,19-14-. The predicted molar refractivity (Wildman–Crippen MR) is 107 cm³/mol. The molecule has 0 aliphatic heterocycles. The van der Waals surface area contributed by atoms with E-state index in [2.05, 4.69) is 0 Å². The van der Waals surface area contributed by atoms with Crippen LogP contribution in [0.3, 0.4) is 0 Å². The van der Waals surface area contributed by atoms with Gasteiger partial charge in [0.25, 0.3) is 0 Å². The van der Waals surface area contributed by atoms with Crippen LogP contribution in [0.4, 0.5) is 0 Å². The van der Waals surface area contributed by atoms with Crippen LogP contribution in [0.25, 0.3) is 12.2 Å². The third kappa shape index (κ3) is 5.25. The van der Waals surface area contributed by atoms with Crippen molar-refractivity contribution in [2.45, 2.75) is 13.5 Å². The summed E-state index contributed by atoms with van der Waals surface area (Å²) in [6.45, 7) is 1.19. The molecule has 0 amide bonds. The first-order valence-electron chi connectivity index (χ1n) is 8.45. The number of phenols is 2. The Morgan fingerprint density at radius 2 is 1.61 bits per heavy atom. The molecule has 0 saturated carbocycles. The molecule has 0 heterocycles. The molecule has 0 atom stereocenters. The monoisotopic (exact) mass is 382 g/mol. The molecule has 6 heteroatoms. The minimum absolute atomic E-state index is 0.00879. The fraction of sp³-hybridized carbons (Fsp3) is 0.136. The van der Waals surface area contributed by atoms with Crippen LogP contribution in [0.5, 0.6) is 17.2 Å². The first-order valence-corrected chi connectivity index (χ1v) is 8.45. The lowest BCUT2D eigenvalue weighted by atomic mass is 10.1. The van der Waals surface area contributed by atoms with E-state index in [0.29, 0.717) is 22.4 Å². The Bertz CT molecular complexity index is 953. The van der Waals surface area contributed by atoms with Gasteiger partial charge >= 0.3 is 0 Å². The van der Waals surface area contributed by atoms with E-state index in [-0.39, 0.29) is 35.2 Å². The summed E-state index contributed by atoms with van der Waals surface area (Å²) in [7, 11) is 1.44. The molecule has 146 valence electrons. The molecule has 0 spiro atoms. The number of ketones is 1. The second kappa shape index (κ2) is 9.43. The Kier molecular flexibility index (Phi) is 7.01. The molecular weight excluding hydrogens is 360 g/mol. The van der Waals surface area contributed by atoms with Crippen LogP contribution in [0.2, 0.25) is 0 Å². The van der Waals surface area contributed by atoms with Crippen molar-refractivity contribution in [3.63, 3.8) is 0 Å². The molecule has 0 aliphatic rings. The Morgan fingerprint density at radius 1 is 1.00 bits per heavy atom. The number of aliphatic hydroxyl groups excluding tert-OH is 2. The number of hydrogen-bond acceptors (Lipinski definition) is 6. The Balaban J connectivity index is 2.15. The van der Waals surface area contributed by atoms with Gasteiger partial charge in [0.15, 0.2) is 17.3 Å². The number of carbonyl (C=O) groups is 1. The number of rotatable bonds is 7. The molecule has 0 radical (unpaired) electrons. The zero-order valence-electron chi connectivity index (χ0n) is 15.6. The maximum absolute atomic E-state index is 12.2. The van der Waals surface area contributed by atoms with Gasteiger partial charge in [-0.25, -0.2) is 0 Å². The van der Waals surface area contributed by atoms with E-state index >= 15 is 0 Å². The van der Waals surface area contributed by atoms with Gasteiger partial charge < -0.3 is 25.2 Å². The van der Waals surface area contributed by atoms with Crippen molar-refractivity contribution in [1.29, 1.82) is 0 Å². The van der Waals surface area contributed by atoms with E-state index in [1.54, 1.807) is 30.3 Å². The fourth-order valence-corrected chi connectivity index (χ4v) is 2.36. The molecule has 4 N–H and O–H groups in total. The van der Waals surface area contributed by atoms with E-state index in [4.69, 9.17) is 9.84 Å². The van der Waals surface area contributed by atoms with Gasteiger partial charge in [-0.2, -0.15) is 0 Å². The number of hydrogen-bond donors (Lipinski definition) is 4. The quantitative estimate of drug-likeness (QED) is 0.330. The summed E-state index contributed by atoms with van der Waals surface area (Å²) in [6.07, 6.45) is 5.81. The van der Waals surface area contributed by atoms with Crippen LogP contribution in [0, 0.1) is 0 Å². The van der Waals surface area contributed by atoms with E-state index in [9.17, 15) is 20.1 Å². The molecule has 6 nitrogen and oxygen atoms in total. The highest BCUT2D eigenvalue weighted by atomic mass is 16.5. The number of ether oxygens (including phenoxy) is 1. The van der Waals surface area contributed by atoms with Crippen molar-refractivity contribution < 1.29 is 30.0 Å². The highest BCUT2D eigenvalue weighted by Crippen LogP contribution is 2.27. The van der Waals surface area contributed by atoms with E-state index < -0.39 is 0 Å². The summed E-state index contributed by atoms with van der Waals surface area (Å²) in [5, 5.41) is 38.4. The summed E-state index contributed by atoms with van der Waals surface area (Å²) in [5.74, 6) is -0.282. The minimum Gasteiger partial charge on any atom is -0.508 e. The van der Waals surface area contributed by atoms with Crippen LogP contribution in [0.1, 0.15) is 23.6 Å². The van der Waals surface area contributed by atoms with Gasteiger partial charge in [-0.15, -0.1) is 0 Å². The summed E-state index contributed by atoms with van der Waals surface area (Å²) < 4.78 is 5.02. The number of aliphatic hydroxyl groups is 2. The lowest BCUT2D eigenvalue weighted by Crippen LogP contribution is -1.98. The molecule has 0 fully saturated rings.